The fourth-order valence-corrected chi connectivity index (χ4v) is 8.38. The molecule has 0 aromatic heterocycles. The van der Waals surface area contributed by atoms with Gasteiger partial charge < -0.3 is 20.5 Å². The van der Waals surface area contributed by atoms with Gasteiger partial charge in [0.25, 0.3) is 0 Å². The van der Waals surface area contributed by atoms with Gasteiger partial charge in [0, 0.05) is 18.7 Å². The number of hydrogen-bond acceptors (Lipinski definition) is 4. The number of carbonyl (C=O) groups is 2. The van der Waals surface area contributed by atoms with Gasteiger partial charge in [-0.3, -0.25) is 4.79 Å². The summed E-state index contributed by atoms with van der Waals surface area (Å²) in [6, 6.07) is 11.0. The fourth-order valence-electron chi connectivity index (χ4n) is 8.38. The van der Waals surface area contributed by atoms with E-state index in [2.05, 4.69) is 41.0 Å². The zero-order valence-electron chi connectivity index (χ0n) is 21.6. The molecule has 5 saturated carbocycles. The molecule has 35 heavy (non-hydrogen) atoms. The highest BCUT2D eigenvalue weighted by molar-refractivity contribution is 5.84. The molecule has 0 spiro atoms. The maximum Gasteiger partial charge on any atom is 0.407 e. The summed E-state index contributed by atoms with van der Waals surface area (Å²) in [4.78, 5) is 26.1. The number of aliphatic hydroxyl groups excluding tert-OH is 1. The number of hydrogen-bond donors (Lipinski definition) is 3. The van der Waals surface area contributed by atoms with E-state index < -0.39 is 5.60 Å². The second kappa shape index (κ2) is 8.79. The van der Waals surface area contributed by atoms with E-state index in [-0.39, 0.29) is 46.9 Å². The van der Waals surface area contributed by atoms with Crippen molar-refractivity contribution in [2.45, 2.75) is 108 Å². The number of alkyl carbamates (subject to hydrolysis) is 1. The van der Waals surface area contributed by atoms with Crippen LogP contribution in [-0.4, -0.2) is 41.4 Å². The lowest BCUT2D eigenvalue weighted by Gasteiger charge is -2.66. The Balaban J connectivity index is 1.25. The largest absolute Gasteiger partial charge is 0.444 e. The average Bonchev–Trinajstić information content (AvgIpc) is 2.79. The third-order valence-electron chi connectivity index (χ3n) is 9.17. The summed E-state index contributed by atoms with van der Waals surface area (Å²) in [7, 11) is 0. The lowest BCUT2D eigenvalue weighted by molar-refractivity contribution is -0.169. The Bertz CT molecular complexity index is 951. The van der Waals surface area contributed by atoms with Crippen molar-refractivity contribution in [1.29, 1.82) is 0 Å². The number of rotatable bonds is 5. The summed E-state index contributed by atoms with van der Waals surface area (Å²) >= 11 is 0. The normalized spacial score (nSPS) is 38.1. The Hall–Kier alpha value is -2.08. The van der Waals surface area contributed by atoms with Gasteiger partial charge in [-0.15, -0.1) is 0 Å². The molecule has 192 valence electrons. The van der Waals surface area contributed by atoms with Crippen LogP contribution in [0, 0.1) is 16.7 Å². The summed E-state index contributed by atoms with van der Waals surface area (Å²) < 4.78 is 5.40. The summed E-state index contributed by atoms with van der Waals surface area (Å²) in [5, 5.41) is 16.9. The van der Waals surface area contributed by atoms with E-state index in [1.54, 1.807) is 0 Å². The molecule has 0 aliphatic heterocycles. The molecule has 4 atom stereocenters. The molecule has 1 aromatic carbocycles. The van der Waals surface area contributed by atoms with E-state index in [0.29, 0.717) is 5.92 Å². The zero-order valence-corrected chi connectivity index (χ0v) is 21.6. The highest BCUT2D eigenvalue weighted by Gasteiger charge is 2.65. The minimum atomic E-state index is -0.504. The van der Waals surface area contributed by atoms with E-state index in [0.717, 1.165) is 64.2 Å². The molecule has 6 nitrogen and oxygen atoms in total. The number of carbonyl (C=O) groups excluding carboxylic acids is 2. The van der Waals surface area contributed by atoms with Gasteiger partial charge in [0.15, 0.2) is 0 Å². The minimum Gasteiger partial charge on any atom is -0.444 e. The quantitative estimate of drug-likeness (QED) is 0.560. The molecule has 5 aliphatic rings. The molecule has 0 radical (unpaired) electrons. The zero-order chi connectivity index (χ0) is 24.9. The Kier molecular flexibility index (Phi) is 6.18. The van der Waals surface area contributed by atoms with Gasteiger partial charge in [0.2, 0.25) is 5.91 Å². The first-order valence-electron chi connectivity index (χ1n) is 13.5. The van der Waals surface area contributed by atoms with E-state index in [9.17, 15) is 14.7 Å². The second-order valence-corrected chi connectivity index (χ2v) is 13.3. The van der Waals surface area contributed by atoms with Crippen molar-refractivity contribution in [1.82, 2.24) is 10.6 Å². The van der Waals surface area contributed by atoms with Crippen molar-refractivity contribution >= 4 is 12.0 Å². The number of aliphatic hydroxyl groups is 1. The highest BCUT2D eigenvalue weighted by atomic mass is 16.6. The molecule has 5 fully saturated rings. The Labute approximate surface area is 209 Å². The van der Waals surface area contributed by atoms with Crippen LogP contribution < -0.4 is 10.6 Å². The number of ether oxygens (including phenoxy) is 1. The van der Waals surface area contributed by atoms with Crippen LogP contribution in [0.2, 0.25) is 0 Å². The summed E-state index contributed by atoms with van der Waals surface area (Å²) in [5.74, 6) is 0.696. The SMILES string of the molecule is CC(C)(C)OC(=O)NC1CCC(NC(=O)C23CC4CC(CO)(C2)CC(c2ccccc2)(C4)C3)CC1. The van der Waals surface area contributed by atoms with Gasteiger partial charge in [-0.25, -0.2) is 4.79 Å². The van der Waals surface area contributed by atoms with Gasteiger partial charge >= 0.3 is 6.09 Å². The predicted octanol–water partition coefficient (Wildman–Crippen LogP) is 4.84. The molecule has 0 heterocycles. The van der Waals surface area contributed by atoms with Crippen LogP contribution >= 0.6 is 0 Å². The van der Waals surface area contributed by atoms with Crippen molar-refractivity contribution in [3.63, 3.8) is 0 Å². The van der Waals surface area contributed by atoms with Crippen molar-refractivity contribution in [2.75, 3.05) is 6.61 Å². The second-order valence-electron chi connectivity index (χ2n) is 13.3. The highest BCUT2D eigenvalue weighted by Crippen LogP contribution is 2.70. The topological polar surface area (TPSA) is 87.7 Å². The van der Waals surface area contributed by atoms with Crippen LogP contribution in [0.1, 0.15) is 90.5 Å². The molecule has 2 amide bonds. The van der Waals surface area contributed by atoms with Gasteiger partial charge in [-0.2, -0.15) is 0 Å². The monoisotopic (exact) mass is 482 g/mol. The molecule has 4 bridgehead atoms. The third kappa shape index (κ3) is 4.83. The first-order chi connectivity index (χ1) is 16.5. The maximum absolute atomic E-state index is 13.9. The number of nitrogens with one attached hydrogen (secondary N) is 2. The van der Waals surface area contributed by atoms with E-state index in [1.807, 2.05) is 20.8 Å². The molecule has 1 aromatic rings. The van der Waals surface area contributed by atoms with Crippen LogP contribution in [0.4, 0.5) is 4.79 Å². The van der Waals surface area contributed by atoms with Gasteiger partial charge in [-0.05, 0) is 107 Å². The molecular formula is C29H42N2O4. The molecule has 6 heteroatoms. The average molecular weight is 483 g/mol. The lowest BCUT2D eigenvalue weighted by Crippen LogP contribution is -2.64. The first kappa shape index (κ1) is 24.6. The molecule has 3 N–H and O–H groups in total. The Morgan fingerprint density at radius 1 is 0.943 bits per heavy atom. The van der Waals surface area contributed by atoms with Gasteiger partial charge in [-0.1, -0.05) is 30.3 Å². The van der Waals surface area contributed by atoms with Crippen molar-refractivity contribution in [2.24, 2.45) is 16.7 Å². The minimum absolute atomic E-state index is 0.00422. The smallest absolute Gasteiger partial charge is 0.407 e. The van der Waals surface area contributed by atoms with E-state index >= 15 is 0 Å². The first-order valence-corrected chi connectivity index (χ1v) is 13.5. The van der Waals surface area contributed by atoms with Gasteiger partial charge in [0.05, 0.1) is 5.41 Å². The van der Waals surface area contributed by atoms with Crippen LogP contribution in [0.15, 0.2) is 30.3 Å². The molecule has 5 aliphatic carbocycles. The van der Waals surface area contributed by atoms with Crippen LogP contribution in [0.3, 0.4) is 0 Å². The lowest BCUT2D eigenvalue weighted by atomic mass is 9.38. The van der Waals surface area contributed by atoms with Crippen molar-refractivity contribution in [3.8, 4) is 0 Å². The van der Waals surface area contributed by atoms with Crippen LogP contribution in [0.5, 0.6) is 0 Å². The van der Waals surface area contributed by atoms with E-state index in [1.165, 1.54) is 5.56 Å². The van der Waals surface area contributed by atoms with Crippen LogP contribution in [0.25, 0.3) is 0 Å². The Morgan fingerprint density at radius 2 is 1.60 bits per heavy atom. The molecule has 4 unspecified atom stereocenters. The molecule has 6 rings (SSSR count). The third-order valence-corrected chi connectivity index (χ3v) is 9.17. The van der Waals surface area contributed by atoms with Crippen molar-refractivity contribution < 1.29 is 19.4 Å². The summed E-state index contributed by atoms with van der Waals surface area (Å²) in [6.45, 7) is 5.78. The van der Waals surface area contributed by atoms with Gasteiger partial charge in [0.1, 0.15) is 5.60 Å². The summed E-state index contributed by atoms with van der Waals surface area (Å²) in [5.41, 5.74) is 0.310. The standard InChI is InChI=1S/C29H42N2O4/c1-26(2,3)35-25(34)31-23-11-9-22(10-12-23)30-24(33)29-15-20-13-27(17-29,19-32)16-28(14-20,18-29)21-7-5-4-6-8-21/h4-8,20,22-23,32H,9-19H2,1-3H3,(H,30,33)(H,31,34). The van der Waals surface area contributed by atoms with E-state index in [4.69, 9.17) is 4.74 Å². The van der Waals surface area contributed by atoms with Crippen LogP contribution in [-0.2, 0) is 14.9 Å². The maximum atomic E-state index is 13.9. The Morgan fingerprint density at radius 3 is 2.23 bits per heavy atom. The molecular weight excluding hydrogens is 440 g/mol. The number of amides is 2. The fraction of sp³-hybridized carbons (Fsp3) is 0.724. The van der Waals surface area contributed by atoms with Crippen molar-refractivity contribution in [3.05, 3.63) is 35.9 Å². The molecule has 0 saturated heterocycles. The predicted molar refractivity (Wildman–Crippen MR) is 135 cm³/mol. The summed E-state index contributed by atoms with van der Waals surface area (Å²) in [6.07, 6.45) is 8.87. The number of benzene rings is 1.